The number of benzene rings is 2. The van der Waals surface area contributed by atoms with Crippen molar-refractivity contribution in [3.8, 4) is 17.0 Å². The van der Waals surface area contributed by atoms with Crippen LogP contribution >= 0.6 is 0 Å². The zero-order valence-corrected chi connectivity index (χ0v) is 19.5. The van der Waals surface area contributed by atoms with Gasteiger partial charge in [-0.15, -0.1) is 0 Å². The van der Waals surface area contributed by atoms with Crippen molar-refractivity contribution in [3.05, 3.63) is 82.7 Å². The minimum atomic E-state index is -1.47. The summed E-state index contributed by atoms with van der Waals surface area (Å²) in [5, 5.41) is 18.5. The number of aliphatic hydroxyl groups is 1. The molecule has 5 rings (SSSR count). The van der Waals surface area contributed by atoms with Gasteiger partial charge in [0.2, 0.25) is 0 Å². The Morgan fingerprint density at radius 2 is 1.91 bits per heavy atom. The molecule has 7 nitrogen and oxygen atoms in total. The summed E-state index contributed by atoms with van der Waals surface area (Å²) in [7, 11) is 0. The molecule has 0 radical (unpaired) electrons. The largest absolute Gasteiger partial charge is 0.493 e. The van der Waals surface area contributed by atoms with Crippen molar-refractivity contribution in [3.63, 3.8) is 0 Å². The maximum atomic E-state index is 13.9. The van der Waals surface area contributed by atoms with Crippen molar-refractivity contribution in [1.82, 2.24) is 19.9 Å². The fourth-order valence-electron chi connectivity index (χ4n) is 4.62. The number of para-hydroxylation sites is 1. The number of amides is 1. The number of imidazole rings is 1. The summed E-state index contributed by atoms with van der Waals surface area (Å²) in [5.41, 5.74) is 1.13. The van der Waals surface area contributed by atoms with Gasteiger partial charge in [0.25, 0.3) is 5.91 Å². The van der Waals surface area contributed by atoms with Crippen molar-refractivity contribution in [2.24, 2.45) is 0 Å². The van der Waals surface area contributed by atoms with Crippen LogP contribution in [0.3, 0.4) is 0 Å². The van der Waals surface area contributed by atoms with E-state index in [0.29, 0.717) is 24.4 Å². The summed E-state index contributed by atoms with van der Waals surface area (Å²) in [4.78, 5) is 18.0. The molecule has 0 saturated heterocycles. The number of nitrogens with zero attached hydrogens (tertiary/aromatic N) is 3. The molecule has 0 spiro atoms. The lowest BCUT2D eigenvalue weighted by atomic mass is 9.94. The van der Waals surface area contributed by atoms with Crippen molar-refractivity contribution in [2.45, 2.75) is 38.8 Å². The van der Waals surface area contributed by atoms with Crippen LogP contribution < -0.4 is 10.1 Å². The molecule has 2 N–H and O–H groups in total. The third-order valence-corrected chi connectivity index (χ3v) is 6.08. The molecule has 180 valence electrons. The van der Waals surface area contributed by atoms with Gasteiger partial charge in [-0.1, -0.05) is 18.2 Å². The fourth-order valence-corrected chi connectivity index (χ4v) is 4.62. The van der Waals surface area contributed by atoms with E-state index in [1.807, 2.05) is 24.3 Å². The van der Waals surface area contributed by atoms with Crippen LogP contribution in [0.25, 0.3) is 16.9 Å². The van der Waals surface area contributed by atoms with Crippen LogP contribution in [0.1, 0.15) is 53.5 Å². The number of aromatic nitrogens is 3. The zero-order chi connectivity index (χ0) is 24.9. The van der Waals surface area contributed by atoms with Crippen LogP contribution in [0.4, 0.5) is 8.78 Å². The molecule has 35 heavy (non-hydrogen) atoms. The van der Waals surface area contributed by atoms with Crippen LogP contribution in [0.2, 0.25) is 0 Å². The summed E-state index contributed by atoms with van der Waals surface area (Å²) in [6.07, 6.45) is 1.94. The van der Waals surface area contributed by atoms with Gasteiger partial charge in [0.15, 0.2) is 5.65 Å². The third-order valence-electron chi connectivity index (χ3n) is 6.08. The molecule has 0 bridgehead atoms. The number of carbonyl (C=O) groups excluding carboxylic acids is 1. The monoisotopic (exact) mass is 478 g/mol. The minimum Gasteiger partial charge on any atom is -0.493 e. The lowest BCUT2D eigenvalue weighted by Gasteiger charge is -2.28. The van der Waals surface area contributed by atoms with Gasteiger partial charge >= 0.3 is 0 Å². The standard InChI is InChI=1S/C26H24F2N4O3/c1-14-23(15-10-16(27)12-17(28)11-15)32-24(30-14)22(26(2,3)34)19(13-29-32)25(33)31-20-8-9-35-21-7-5-4-6-18(20)21/h4-7,10-13,20,34H,8-9H2,1-3H3,(H,31,33)/t20-/m0/s1. The Morgan fingerprint density at radius 3 is 2.63 bits per heavy atom. The van der Waals surface area contributed by atoms with Gasteiger partial charge in [-0.05, 0) is 39.0 Å². The predicted octanol–water partition coefficient (Wildman–Crippen LogP) is 4.46. The van der Waals surface area contributed by atoms with Gasteiger partial charge in [0, 0.05) is 29.2 Å². The molecule has 1 atom stereocenters. The topological polar surface area (TPSA) is 88.8 Å². The molecule has 0 unspecified atom stereocenters. The number of aryl methyl sites for hydroxylation is 1. The first-order valence-corrected chi connectivity index (χ1v) is 11.2. The smallest absolute Gasteiger partial charge is 0.253 e. The molecular weight excluding hydrogens is 454 g/mol. The lowest BCUT2D eigenvalue weighted by Crippen LogP contribution is -2.34. The Bertz CT molecular complexity index is 1440. The van der Waals surface area contributed by atoms with Crippen molar-refractivity contribution < 1.29 is 23.4 Å². The van der Waals surface area contributed by atoms with Crippen LogP contribution in [0.5, 0.6) is 5.75 Å². The van der Waals surface area contributed by atoms with Crippen LogP contribution in [-0.2, 0) is 5.60 Å². The second-order valence-corrected chi connectivity index (χ2v) is 9.13. The van der Waals surface area contributed by atoms with Gasteiger partial charge < -0.3 is 15.2 Å². The fraction of sp³-hybridized carbons (Fsp3) is 0.269. The first-order chi connectivity index (χ1) is 16.6. The minimum absolute atomic E-state index is 0.163. The summed E-state index contributed by atoms with van der Waals surface area (Å²) in [6.45, 7) is 5.24. The highest BCUT2D eigenvalue weighted by atomic mass is 19.1. The number of nitrogens with one attached hydrogen (secondary N) is 1. The van der Waals surface area contributed by atoms with Crippen molar-refractivity contribution in [2.75, 3.05) is 6.61 Å². The van der Waals surface area contributed by atoms with Gasteiger partial charge in [-0.3, -0.25) is 4.79 Å². The van der Waals surface area contributed by atoms with E-state index in [1.165, 1.54) is 22.8 Å². The Kier molecular flexibility index (Phi) is 5.52. The van der Waals surface area contributed by atoms with E-state index >= 15 is 0 Å². The van der Waals surface area contributed by atoms with Gasteiger partial charge in [0.1, 0.15) is 17.4 Å². The molecule has 4 aromatic rings. The van der Waals surface area contributed by atoms with Crippen LogP contribution in [0.15, 0.2) is 48.7 Å². The summed E-state index contributed by atoms with van der Waals surface area (Å²) < 4.78 is 34.9. The average Bonchev–Trinajstić information content (AvgIpc) is 3.12. The van der Waals surface area contributed by atoms with E-state index in [0.717, 1.165) is 17.4 Å². The van der Waals surface area contributed by atoms with Crippen molar-refractivity contribution in [1.29, 1.82) is 0 Å². The molecule has 1 aliphatic heterocycles. The normalized spacial score (nSPS) is 15.5. The Hall–Kier alpha value is -3.85. The van der Waals surface area contributed by atoms with Gasteiger partial charge in [-0.2, -0.15) is 5.10 Å². The maximum absolute atomic E-state index is 13.9. The number of rotatable bonds is 4. The molecule has 0 aliphatic carbocycles. The number of fused-ring (bicyclic) bond motifs is 2. The summed E-state index contributed by atoms with van der Waals surface area (Å²) in [6, 6.07) is 10.4. The maximum Gasteiger partial charge on any atom is 0.253 e. The van der Waals surface area contributed by atoms with Crippen molar-refractivity contribution >= 4 is 11.6 Å². The SMILES string of the molecule is Cc1nc2c(C(C)(C)O)c(C(=O)N[C@H]3CCOc4ccccc43)cnn2c1-c1cc(F)cc(F)c1. The molecule has 1 aliphatic rings. The molecule has 0 fully saturated rings. The second-order valence-electron chi connectivity index (χ2n) is 9.13. The Morgan fingerprint density at radius 1 is 1.20 bits per heavy atom. The Balaban J connectivity index is 1.61. The lowest BCUT2D eigenvalue weighted by molar-refractivity contribution is 0.0747. The van der Waals surface area contributed by atoms with E-state index in [-0.39, 0.29) is 28.4 Å². The van der Waals surface area contributed by atoms with Gasteiger partial charge in [-0.25, -0.2) is 18.3 Å². The van der Waals surface area contributed by atoms with E-state index in [2.05, 4.69) is 15.4 Å². The molecule has 9 heteroatoms. The number of carbonyl (C=O) groups is 1. The van der Waals surface area contributed by atoms with Crippen LogP contribution in [0, 0.1) is 18.6 Å². The van der Waals surface area contributed by atoms with E-state index in [1.54, 1.807) is 20.8 Å². The van der Waals surface area contributed by atoms with E-state index in [4.69, 9.17) is 4.74 Å². The number of hydrogen-bond donors (Lipinski definition) is 2. The van der Waals surface area contributed by atoms with Crippen LogP contribution in [-0.4, -0.2) is 32.2 Å². The summed E-state index contributed by atoms with van der Waals surface area (Å²) >= 11 is 0. The van der Waals surface area contributed by atoms with E-state index < -0.39 is 23.1 Å². The molecule has 2 aromatic carbocycles. The first kappa shape index (κ1) is 22.9. The van der Waals surface area contributed by atoms with Gasteiger partial charge in [0.05, 0.1) is 41.4 Å². The highest BCUT2D eigenvalue weighted by Gasteiger charge is 2.32. The first-order valence-electron chi connectivity index (χ1n) is 11.2. The molecule has 3 heterocycles. The highest BCUT2D eigenvalue weighted by Crippen LogP contribution is 2.34. The molecule has 1 amide bonds. The second kappa shape index (κ2) is 8.42. The quantitative estimate of drug-likeness (QED) is 0.452. The van der Waals surface area contributed by atoms with E-state index in [9.17, 15) is 18.7 Å². The molecule has 0 saturated carbocycles. The highest BCUT2D eigenvalue weighted by molar-refractivity contribution is 5.97. The zero-order valence-electron chi connectivity index (χ0n) is 19.5. The molecular formula is C26H24F2N4O3. The number of halogens is 2. The average molecular weight is 478 g/mol. The molecule has 2 aromatic heterocycles. The predicted molar refractivity (Wildman–Crippen MR) is 125 cm³/mol. The number of hydrogen-bond acceptors (Lipinski definition) is 5. The number of ether oxygens (including phenoxy) is 1. The Labute approximate surface area is 200 Å². The third kappa shape index (κ3) is 4.12. The summed E-state index contributed by atoms with van der Waals surface area (Å²) in [5.74, 6) is -1.16.